The second kappa shape index (κ2) is 8.59. The normalized spacial score (nSPS) is 11.3. The fraction of sp³-hybridized carbons (Fsp3) is 0.500. The van der Waals surface area contributed by atoms with Gasteiger partial charge in [0.1, 0.15) is 4.90 Å². The Balaban J connectivity index is 2.59. The van der Waals surface area contributed by atoms with Crippen LogP contribution in [0.15, 0.2) is 29.4 Å². The maximum atomic E-state index is 12.2. The van der Waals surface area contributed by atoms with Gasteiger partial charge in [0.05, 0.1) is 13.1 Å². The number of amides is 2. The number of hydrogen-bond donors (Lipinski definition) is 1. The number of aromatic nitrogens is 1. The highest BCUT2D eigenvalue weighted by Crippen LogP contribution is 2.11. The van der Waals surface area contributed by atoms with Crippen LogP contribution in [0.1, 0.15) is 13.8 Å². The van der Waals surface area contributed by atoms with Gasteiger partial charge in [0, 0.05) is 32.5 Å². The second-order valence-electron chi connectivity index (χ2n) is 4.79. The predicted octanol–water partition coefficient (Wildman–Crippen LogP) is -0.313. The topological polar surface area (TPSA) is 99.7 Å². The van der Waals surface area contributed by atoms with Crippen LogP contribution in [0.4, 0.5) is 0 Å². The molecule has 0 bridgehead atoms. The summed E-state index contributed by atoms with van der Waals surface area (Å²) in [5.74, 6) is -0.749. The highest BCUT2D eigenvalue weighted by Gasteiger charge is 2.23. The molecular weight excluding hydrogens is 320 g/mol. The van der Waals surface area contributed by atoms with Crippen molar-refractivity contribution in [1.29, 1.82) is 0 Å². The Bertz CT molecular complexity index is 629. The first-order valence-electron chi connectivity index (χ1n) is 7.23. The molecule has 8 nitrogen and oxygen atoms in total. The van der Waals surface area contributed by atoms with E-state index in [0.717, 1.165) is 4.31 Å². The van der Waals surface area contributed by atoms with E-state index < -0.39 is 15.9 Å². The minimum absolute atomic E-state index is 0.00881. The van der Waals surface area contributed by atoms with Gasteiger partial charge in [-0.3, -0.25) is 14.6 Å². The highest BCUT2D eigenvalue weighted by atomic mass is 32.2. The van der Waals surface area contributed by atoms with Crippen LogP contribution in [0, 0.1) is 0 Å². The molecule has 1 N–H and O–H groups in total. The van der Waals surface area contributed by atoms with Crippen molar-refractivity contribution in [3.05, 3.63) is 24.5 Å². The zero-order valence-electron chi connectivity index (χ0n) is 13.5. The third kappa shape index (κ3) is 5.29. The van der Waals surface area contributed by atoms with Gasteiger partial charge in [-0.1, -0.05) is 0 Å². The lowest BCUT2D eigenvalue weighted by molar-refractivity contribution is -0.132. The van der Waals surface area contributed by atoms with Crippen molar-refractivity contribution >= 4 is 21.8 Å². The van der Waals surface area contributed by atoms with Gasteiger partial charge in [-0.25, -0.2) is 8.42 Å². The number of likely N-dealkylation sites (N-methyl/N-ethyl adjacent to an activating group) is 2. The average molecular weight is 342 g/mol. The Kier molecular flexibility index (Phi) is 7.11. The fourth-order valence-corrected chi connectivity index (χ4v) is 2.98. The van der Waals surface area contributed by atoms with Gasteiger partial charge in [0.25, 0.3) is 0 Å². The molecule has 0 atom stereocenters. The average Bonchev–Trinajstić information content (AvgIpc) is 2.54. The lowest BCUT2D eigenvalue weighted by Gasteiger charge is -2.20. The van der Waals surface area contributed by atoms with Crippen LogP contribution in [0.25, 0.3) is 0 Å². The SMILES string of the molecule is CCN(CC)C(=O)CNC(=O)CN(C)S(=O)(=O)c1cccnc1. The van der Waals surface area contributed by atoms with Gasteiger partial charge in [-0.2, -0.15) is 4.31 Å². The van der Waals surface area contributed by atoms with E-state index in [1.807, 2.05) is 13.8 Å². The maximum Gasteiger partial charge on any atom is 0.244 e. The summed E-state index contributed by atoms with van der Waals surface area (Å²) in [4.78, 5) is 29.0. The molecule has 1 rings (SSSR count). The minimum Gasteiger partial charge on any atom is -0.346 e. The van der Waals surface area contributed by atoms with E-state index in [4.69, 9.17) is 0 Å². The first-order chi connectivity index (χ1) is 10.8. The molecule has 9 heteroatoms. The zero-order valence-corrected chi connectivity index (χ0v) is 14.3. The van der Waals surface area contributed by atoms with Crippen LogP contribution in [-0.4, -0.2) is 67.6 Å². The summed E-state index contributed by atoms with van der Waals surface area (Å²) in [5.41, 5.74) is 0. The molecule has 128 valence electrons. The summed E-state index contributed by atoms with van der Waals surface area (Å²) in [6.07, 6.45) is 2.68. The number of sulfonamides is 1. The van der Waals surface area contributed by atoms with Crippen LogP contribution in [-0.2, 0) is 19.6 Å². The fourth-order valence-electron chi connectivity index (χ4n) is 1.89. The lowest BCUT2D eigenvalue weighted by atomic mass is 10.4. The Morgan fingerprint density at radius 1 is 1.26 bits per heavy atom. The van der Waals surface area contributed by atoms with Crippen LogP contribution in [0.3, 0.4) is 0 Å². The number of rotatable bonds is 8. The van der Waals surface area contributed by atoms with Crippen molar-refractivity contribution in [2.45, 2.75) is 18.7 Å². The van der Waals surface area contributed by atoms with E-state index in [1.54, 1.807) is 4.90 Å². The molecule has 1 aromatic heterocycles. The summed E-state index contributed by atoms with van der Waals surface area (Å²) < 4.78 is 25.4. The quantitative estimate of drug-likeness (QED) is 0.698. The summed E-state index contributed by atoms with van der Waals surface area (Å²) in [5, 5.41) is 2.43. The van der Waals surface area contributed by atoms with Crippen molar-refractivity contribution in [2.75, 3.05) is 33.2 Å². The van der Waals surface area contributed by atoms with Crippen LogP contribution in [0.2, 0.25) is 0 Å². The molecule has 1 heterocycles. The monoisotopic (exact) mass is 342 g/mol. The number of nitrogens with zero attached hydrogens (tertiary/aromatic N) is 3. The highest BCUT2D eigenvalue weighted by molar-refractivity contribution is 7.89. The Morgan fingerprint density at radius 3 is 2.43 bits per heavy atom. The molecule has 0 saturated heterocycles. The van der Waals surface area contributed by atoms with Crippen molar-refractivity contribution in [1.82, 2.24) is 19.5 Å². The third-order valence-corrected chi connectivity index (χ3v) is 5.05. The standard InChI is InChI=1S/C14H22N4O4S/c1-4-18(5-2)14(20)10-16-13(19)11-17(3)23(21,22)12-7-6-8-15-9-12/h6-9H,4-5,10-11H2,1-3H3,(H,16,19). The second-order valence-corrected chi connectivity index (χ2v) is 6.84. The molecule has 1 aromatic rings. The smallest absolute Gasteiger partial charge is 0.244 e. The van der Waals surface area contributed by atoms with Gasteiger partial charge in [-0.15, -0.1) is 0 Å². The Labute approximate surface area is 136 Å². The van der Waals surface area contributed by atoms with E-state index in [1.165, 1.54) is 31.6 Å². The Morgan fingerprint density at radius 2 is 1.91 bits per heavy atom. The molecule has 0 unspecified atom stereocenters. The molecule has 0 spiro atoms. The molecule has 2 amide bonds. The molecule has 0 saturated carbocycles. The van der Waals surface area contributed by atoms with E-state index in [0.29, 0.717) is 13.1 Å². The van der Waals surface area contributed by atoms with Gasteiger partial charge in [0.15, 0.2) is 0 Å². The number of nitrogens with one attached hydrogen (secondary N) is 1. The van der Waals surface area contributed by atoms with E-state index in [9.17, 15) is 18.0 Å². The van der Waals surface area contributed by atoms with Crippen LogP contribution < -0.4 is 5.32 Å². The number of hydrogen-bond acceptors (Lipinski definition) is 5. The van der Waals surface area contributed by atoms with Crippen molar-refractivity contribution in [3.8, 4) is 0 Å². The maximum absolute atomic E-state index is 12.2. The molecule has 0 aromatic carbocycles. The number of pyridine rings is 1. The molecule has 0 aliphatic carbocycles. The number of carbonyl (C=O) groups excluding carboxylic acids is 2. The third-order valence-electron chi connectivity index (χ3n) is 3.26. The molecule has 23 heavy (non-hydrogen) atoms. The molecule has 0 aliphatic heterocycles. The Hall–Kier alpha value is -2.00. The van der Waals surface area contributed by atoms with Gasteiger partial charge in [0.2, 0.25) is 21.8 Å². The van der Waals surface area contributed by atoms with Crippen molar-refractivity contribution in [3.63, 3.8) is 0 Å². The first kappa shape index (κ1) is 19.0. The largest absolute Gasteiger partial charge is 0.346 e. The van der Waals surface area contributed by atoms with Crippen LogP contribution in [0.5, 0.6) is 0 Å². The molecular formula is C14H22N4O4S. The zero-order chi connectivity index (χ0) is 17.5. The predicted molar refractivity (Wildman–Crippen MR) is 85.0 cm³/mol. The summed E-state index contributed by atoms with van der Waals surface area (Å²) >= 11 is 0. The van der Waals surface area contributed by atoms with Crippen molar-refractivity contribution in [2.24, 2.45) is 0 Å². The lowest BCUT2D eigenvalue weighted by Crippen LogP contribution is -2.43. The summed E-state index contributed by atoms with van der Waals surface area (Å²) in [6, 6.07) is 2.91. The van der Waals surface area contributed by atoms with Crippen molar-refractivity contribution < 1.29 is 18.0 Å². The van der Waals surface area contributed by atoms with Crippen LogP contribution >= 0.6 is 0 Å². The van der Waals surface area contributed by atoms with E-state index >= 15 is 0 Å². The molecule has 0 radical (unpaired) electrons. The minimum atomic E-state index is -3.78. The molecule has 0 fully saturated rings. The first-order valence-corrected chi connectivity index (χ1v) is 8.67. The summed E-state index contributed by atoms with van der Waals surface area (Å²) in [6.45, 7) is 4.28. The van der Waals surface area contributed by atoms with Gasteiger partial charge in [-0.05, 0) is 26.0 Å². The van der Waals surface area contributed by atoms with Gasteiger partial charge >= 0.3 is 0 Å². The van der Waals surface area contributed by atoms with Gasteiger partial charge < -0.3 is 10.2 Å². The van der Waals surface area contributed by atoms with E-state index in [2.05, 4.69) is 10.3 Å². The number of carbonyl (C=O) groups is 2. The summed E-state index contributed by atoms with van der Waals surface area (Å²) in [7, 11) is -2.48. The molecule has 0 aliphatic rings. The van der Waals surface area contributed by atoms with E-state index in [-0.39, 0.29) is 23.9 Å².